The molecule has 1 rings (SSSR count). The first kappa shape index (κ1) is 13.9. The molecule has 6 heteroatoms. The first-order valence-corrected chi connectivity index (χ1v) is 5.75. The lowest BCUT2D eigenvalue weighted by atomic mass is 9.87. The zero-order valence-electron chi connectivity index (χ0n) is 9.94. The number of hydrogen-bond acceptors (Lipinski definition) is 5. The molecule has 0 unspecified atom stereocenters. The summed E-state index contributed by atoms with van der Waals surface area (Å²) in [6, 6.07) is 0. The van der Waals surface area contributed by atoms with Crippen LogP contribution >= 0.6 is 0 Å². The third-order valence-corrected chi connectivity index (χ3v) is 3.25. The molecule has 98 valence electrons. The normalized spacial score (nSPS) is 20.6. The maximum absolute atomic E-state index is 11.3. The third kappa shape index (κ3) is 3.41. The lowest BCUT2D eigenvalue weighted by Gasteiger charge is -2.26. The van der Waals surface area contributed by atoms with Crippen molar-refractivity contribution in [1.29, 1.82) is 0 Å². The van der Waals surface area contributed by atoms with Gasteiger partial charge in [0.2, 0.25) is 0 Å². The predicted octanol–water partition coefficient (Wildman–Crippen LogP) is -0.245. The van der Waals surface area contributed by atoms with Crippen molar-refractivity contribution >= 4 is 11.9 Å². The van der Waals surface area contributed by atoms with Gasteiger partial charge in [0.05, 0.1) is 7.11 Å². The molecular weight excluding hydrogens is 226 g/mol. The Balaban J connectivity index is 2.54. The highest BCUT2D eigenvalue weighted by atomic mass is 16.5. The minimum absolute atomic E-state index is 0.0975. The molecular formula is C11H19NO5. The van der Waals surface area contributed by atoms with Crippen molar-refractivity contribution in [2.45, 2.75) is 31.3 Å². The topological polar surface area (TPSA) is 95.9 Å². The number of carboxylic acid groups (broad SMARTS) is 1. The molecule has 0 radical (unpaired) electrons. The monoisotopic (exact) mass is 245 g/mol. The van der Waals surface area contributed by atoms with Gasteiger partial charge in [0, 0.05) is 0 Å². The lowest BCUT2D eigenvalue weighted by molar-refractivity contribution is -0.179. The van der Waals surface area contributed by atoms with E-state index in [1.807, 2.05) is 0 Å². The van der Waals surface area contributed by atoms with Crippen LogP contribution in [0.5, 0.6) is 0 Å². The zero-order chi connectivity index (χ0) is 12.9. The molecule has 0 aromatic rings. The van der Waals surface area contributed by atoms with Gasteiger partial charge >= 0.3 is 11.9 Å². The lowest BCUT2D eigenvalue weighted by Crippen LogP contribution is -2.47. The molecule has 0 amide bonds. The van der Waals surface area contributed by atoms with E-state index in [-0.39, 0.29) is 6.42 Å². The van der Waals surface area contributed by atoms with Crippen molar-refractivity contribution in [2.24, 2.45) is 5.92 Å². The molecule has 0 saturated carbocycles. The van der Waals surface area contributed by atoms with Crippen molar-refractivity contribution in [1.82, 2.24) is 5.32 Å². The average molecular weight is 245 g/mol. The zero-order valence-corrected chi connectivity index (χ0v) is 9.94. The Kier molecular flexibility index (Phi) is 4.89. The SMILES string of the molecule is COC(=O)[C@](O)(CCC1CCNCC1)C(=O)O. The molecule has 0 aliphatic carbocycles. The Labute approximate surface area is 100.0 Å². The van der Waals surface area contributed by atoms with Crippen LogP contribution in [0.4, 0.5) is 0 Å². The molecule has 1 atom stereocenters. The van der Waals surface area contributed by atoms with Crippen molar-refractivity contribution in [3.8, 4) is 0 Å². The summed E-state index contributed by atoms with van der Waals surface area (Å²) in [6.07, 6.45) is 2.30. The van der Waals surface area contributed by atoms with E-state index in [4.69, 9.17) is 5.11 Å². The number of carboxylic acids is 1. The first-order valence-electron chi connectivity index (χ1n) is 5.75. The van der Waals surface area contributed by atoms with Gasteiger partial charge in [0.15, 0.2) is 0 Å². The summed E-state index contributed by atoms with van der Waals surface area (Å²) in [5.41, 5.74) is -2.40. The Morgan fingerprint density at radius 3 is 2.47 bits per heavy atom. The maximum Gasteiger partial charge on any atom is 0.349 e. The number of aliphatic hydroxyl groups is 1. The van der Waals surface area contributed by atoms with Gasteiger partial charge in [0.1, 0.15) is 0 Å². The van der Waals surface area contributed by atoms with Crippen LogP contribution in [0.25, 0.3) is 0 Å². The second-order valence-corrected chi connectivity index (χ2v) is 4.39. The van der Waals surface area contributed by atoms with E-state index in [1.165, 1.54) is 0 Å². The van der Waals surface area contributed by atoms with Gasteiger partial charge in [0.25, 0.3) is 5.60 Å². The Morgan fingerprint density at radius 1 is 1.41 bits per heavy atom. The molecule has 6 nitrogen and oxygen atoms in total. The maximum atomic E-state index is 11.3. The van der Waals surface area contributed by atoms with E-state index in [0.717, 1.165) is 33.0 Å². The number of rotatable bonds is 5. The van der Waals surface area contributed by atoms with Gasteiger partial charge in [-0.25, -0.2) is 9.59 Å². The largest absolute Gasteiger partial charge is 0.479 e. The molecule has 3 N–H and O–H groups in total. The van der Waals surface area contributed by atoms with Crippen LogP contribution in [-0.2, 0) is 14.3 Å². The molecule has 17 heavy (non-hydrogen) atoms. The van der Waals surface area contributed by atoms with Gasteiger partial charge in [-0.1, -0.05) is 0 Å². The Bertz CT molecular complexity index is 288. The number of esters is 1. The van der Waals surface area contributed by atoms with Crippen molar-refractivity contribution in [3.63, 3.8) is 0 Å². The van der Waals surface area contributed by atoms with E-state index < -0.39 is 17.5 Å². The number of ether oxygens (including phenoxy) is 1. The number of nitrogens with one attached hydrogen (secondary N) is 1. The number of piperidine rings is 1. The standard InChI is InChI=1S/C11H19NO5/c1-17-10(15)11(16,9(13)14)5-2-8-3-6-12-7-4-8/h8,12,16H,2-7H2,1H3,(H,13,14)/t11-/m0/s1. The van der Waals surface area contributed by atoms with Crippen molar-refractivity contribution in [3.05, 3.63) is 0 Å². The highest BCUT2D eigenvalue weighted by Crippen LogP contribution is 2.24. The van der Waals surface area contributed by atoms with E-state index in [2.05, 4.69) is 10.1 Å². The summed E-state index contributed by atoms with van der Waals surface area (Å²) in [5, 5.41) is 21.9. The summed E-state index contributed by atoms with van der Waals surface area (Å²) < 4.78 is 4.33. The first-order chi connectivity index (χ1) is 8.00. The van der Waals surface area contributed by atoms with E-state index >= 15 is 0 Å². The van der Waals surface area contributed by atoms with Crippen molar-refractivity contribution < 1.29 is 24.5 Å². The summed E-state index contributed by atoms with van der Waals surface area (Å²) in [4.78, 5) is 22.2. The van der Waals surface area contributed by atoms with Gasteiger partial charge in [-0.2, -0.15) is 0 Å². The second-order valence-electron chi connectivity index (χ2n) is 4.39. The molecule has 1 aliphatic rings. The van der Waals surface area contributed by atoms with Crippen LogP contribution in [0.1, 0.15) is 25.7 Å². The molecule has 0 aromatic carbocycles. The average Bonchev–Trinajstić information content (AvgIpc) is 2.35. The second kappa shape index (κ2) is 5.97. The Morgan fingerprint density at radius 2 is 2.00 bits per heavy atom. The van der Waals surface area contributed by atoms with Gasteiger partial charge in [-0.3, -0.25) is 0 Å². The third-order valence-electron chi connectivity index (χ3n) is 3.25. The minimum atomic E-state index is -2.40. The number of hydrogen-bond donors (Lipinski definition) is 3. The number of aliphatic carboxylic acids is 1. The number of carbonyl (C=O) groups is 2. The molecule has 1 saturated heterocycles. The smallest absolute Gasteiger partial charge is 0.349 e. The molecule has 0 aromatic heterocycles. The van der Waals surface area contributed by atoms with Crippen LogP contribution < -0.4 is 5.32 Å². The molecule has 1 heterocycles. The molecule has 0 bridgehead atoms. The van der Waals surface area contributed by atoms with E-state index in [1.54, 1.807) is 0 Å². The quantitative estimate of drug-likeness (QED) is 0.457. The summed E-state index contributed by atoms with van der Waals surface area (Å²) in [5.74, 6) is -2.29. The fourth-order valence-electron chi connectivity index (χ4n) is 2.05. The highest BCUT2D eigenvalue weighted by Gasteiger charge is 2.45. The van der Waals surface area contributed by atoms with Gasteiger partial charge in [-0.15, -0.1) is 0 Å². The minimum Gasteiger partial charge on any atom is -0.479 e. The summed E-state index contributed by atoms with van der Waals surface area (Å²) >= 11 is 0. The summed E-state index contributed by atoms with van der Waals surface area (Å²) in [6.45, 7) is 1.79. The molecule has 1 aliphatic heterocycles. The fourth-order valence-corrected chi connectivity index (χ4v) is 2.05. The summed E-state index contributed by atoms with van der Waals surface area (Å²) in [7, 11) is 1.07. The van der Waals surface area contributed by atoms with Crippen LogP contribution in [0, 0.1) is 5.92 Å². The highest BCUT2D eigenvalue weighted by molar-refractivity contribution is 6.02. The van der Waals surface area contributed by atoms with Crippen LogP contribution in [0.3, 0.4) is 0 Å². The van der Waals surface area contributed by atoms with Crippen LogP contribution in [-0.4, -0.2) is 48.0 Å². The predicted molar refractivity (Wildman–Crippen MR) is 59.4 cm³/mol. The van der Waals surface area contributed by atoms with Crippen LogP contribution in [0.15, 0.2) is 0 Å². The van der Waals surface area contributed by atoms with E-state index in [9.17, 15) is 14.7 Å². The van der Waals surface area contributed by atoms with Gasteiger partial charge < -0.3 is 20.3 Å². The Hall–Kier alpha value is -1.14. The van der Waals surface area contributed by atoms with Gasteiger partial charge in [-0.05, 0) is 44.7 Å². The van der Waals surface area contributed by atoms with E-state index in [0.29, 0.717) is 12.3 Å². The number of methoxy groups -OCH3 is 1. The number of carbonyl (C=O) groups excluding carboxylic acids is 1. The molecule has 0 spiro atoms. The van der Waals surface area contributed by atoms with Crippen molar-refractivity contribution in [2.75, 3.05) is 20.2 Å². The molecule has 1 fully saturated rings. The fraction of sp³-hybridized carbons (Fsp3) is 0.818. The van der Waals surface area contributed by atoms with Crippen LogP contribution in [0.2, 0.25) is 0 Å².